The summed E-state index contributed by atoms with van der Waals surface area (Å²) in [6.07, 6.45) is 0.463. The minimum absolute atomic E-state index is 0.0576. The van der Waals surface area contributed by atoms with Crippen LogP contribution in [0, 0.1) is 0 Å². The van der Waals surface area contributed by atoms with E-state index in [1.54, 1.807) is 6.92 Å². The molecule has 0 aliphatic heterocycles. The summed E-state index contributed by atoms with van der Waals surface area (Å²) >= 11 is 3.13. The number of carboxylic acids is 1. The molecule has 1 aromatic rings. The molecule has 0 radical (unpaired) electrons. The monoisotopic (exact) mass is 393 g/mol. The van der Waals surface area contributed by atoms with Crippen LogP contribution in [0.5, 0.6) is 0 Å². The SMILES string of the molecule is CCCN(CC(=O)O)S(=O)(=O)c1cc(Br)cc(C(=O)OC)c1. The van der Waals surface area contributed by atoms with Crippen LogP contribution < -0.4 is 0 Å². The molecule has 0 aromatic heterocycles. The molecule has 0 unspecified atom stereocenters. The van der Waals surface area contributed by atoms with Crippen molar-refractivity contribution < 1.29 is 27.9 Å². The van der Waals surface area contributed by atoms with E-state index in [0.717, 1.165) is 10.4 Å². The molecule has 0 saturated heterocycles. The van der Waals surface area contributed by atoms with Crippen LogP contribution in [0.1, 0.15) is 23.7 Å². The maximum atomic E-state index is 12.6. The van der Waals surface area contributed by atoms with Gasteiger partial charge in [-0.1, -0.05) is 22.9 Å². The molecular formula is C13H16BrNO6S. The standard InChI is InChI=1S/C13H16BrNO6S/c1-3-4-15(8-12(16)17)22(19,20)11-6-9(13(18)21-2)5-10(14)7-11/h5-7H,3-4,8H2,1-2H3,(H,16,17). The van der Waals surface area contributed by atoms with Crippen LogP contribution in [-0.2, 0) is 19.6 Å². The van der Waals surface area contributed by atoms with Gasteiger partial charge in [-0.3, -0.25) is 4.79 Å². The molecule has 0 atom stereocenters. The van der Waals surface area contributed by atoms with E-state index in [-0.39, 0.29) is 17.0 Å². The van der Waals surface area contributed by atoms with Crippen molar-refractivity contribution in [3.8, 4) is 0 Å². The number of esters is 1. The summed E-state index contributed by atoms with van der Waals surface area (Å²) in [5.74, 6) is -1.93. The number of benzene rings is 1. The topological polar surface area (TPSA) is 101 Å². The summed E-state index contributed by atoms with van der Waals surface area (Å²) in [5, 5.41) is 8.87. The van der Waals surface area contributed by atoms with Crippen LogP contribution in [0.3, 0.4) is 0 Å². The largest absolute Gasteiger partial charge is 0.480 e. The molecule has 0 aliphatic rings. The van der Waals surface area contributed by atoms with Gasteiger partial charge in [0.2, 0.25) is 10.0 Å². The van der Waals surface area contributed by atoms with Crippen molar-refractivity contribution in [1.29, 1.82) is 0 Å². The number of hydrogen-bond acceptors (Lipinski definition) is 5. The van der Waals surface area contributed by atoms with Crippen LogP contribution in [0.2, 0.25) is 0 Å². The molecule has 0 fully saturated rings. The lowest BCUT2D eigenvalue weighted by atomic mass is 10.2. The molecule has 9 heteroatoms. The summed E-state index contributed by atoms with van der Waals surface area (Å²) in [5.41, 5.74) is 0.0576. The van der Waals surface area contributed by atoms with Crippen molar-refractivity contribution in [3.05, 3.63) is 28.2 Å². The van der Waals surface area contributed by atoms with Crippen LogP contribution in [0.15, 0.2) is 27.6 Å². The highest BCUT2D eigenvalue weighted by atomic mass is 79.9. The number of carboxylic acid groups (broad SMARTS) is 1. The second-order valence-corrected chi connectivity index (χ2v) is 7.25. The first kappa shape index (κ1) is 18.6. The number of aliphatic carboxylic acids is 1. The molecule has 22 heavy (non-hydrogen) atoms. The van der Waals surface area contributed by atoms with Crippen LogP contribution >= 0.6 is 15.9 Å². The van der Waals surface area contributed by atoms with E-state index in [1.807, 2.05) is 0 Å². The Hall–Kier alpha value is -1.45. The number of carbonyl (C=O) groups is 2. The fourth-order valence-corrected chi connectivity index (χ4v) is 3.98. The van der Waals surface area contributed by atoms with Gasteiger partial charge in [0.1, 0.15) is 6.54 Å². The van der Waals surface area contributed by atoms with Crippen molar-refractivity contribution >= 4 is 37.9 Å². The molecule has 0 spiro atoms. The Labute approximate surface area is 137 Å². The molecule has 122 valence electrons. The van der Waals surface area contributed by atoms with Gasteiger partial charge in [0, 0.05) is 11.0 Å². The van der Waals surface area contributed by atoms with E-state index in [0.29, 0.717) is 10.9 Å². The molecule has 0 heterocycles. The number of halogens is 1. The van der Waals surface area contributed by atoms with Crippen molar-refractivity contribution in [2.24, 2.45) is 0 Å². The Morgan fingerprint density at radius 2 is 1.95 bits per heavy atom. The van der Waals surface area contributed by atoms with Gasteiger partial charge in [0.15, 0.2) is 0 Å². The number of rotatable bonds is 7. The van der Waals surface area contributed by atoms with Crippen LogP contribution in [-0.4, -0.2) is 50.0 Å². The van der Waals surface area contributed by atoms with Crippen LogP contribution in [0.25, 0.3) is 0 Å². The zero-order chi connectivity index (χ0) is 16.9. The molecule has 0 saturated carbocycles. The fraction of sp³-hybridized carbons (Fsp3) is 0.385. The van der Waals surface area contributed by atoms with Gasteiger partial charge in [0.05, 0.1) is 17.6 Å². The van der Waals surface area contributed by atoms with E-state index in [2.05, 4.69) is 20.7 Å². The molecule has 0 amide bonds. The molecule has 0 aliphatic carbocycles. The zero-order valence-corrected chi connectivity index (χ0v) is 14.5. The molecule has 1 rings (SSSR count). The van der Waals surface area contributed by atoms with E-state index < -0.39 is 28.5 Å². The fourth-order valence-electron chi connectivity index (χ4n) is 1.78. The summed E-state index contributed by atoms with van der Waals surface area (Å²) in [4.78, 5) is 22.3. The van der Waals surface area contributed by atoms with Crippen molar-refractivity contribution in [1.82, 2.24) is 4.31 Å². The lowest BCUT2D eigenvalue weighted by Crippen LogP contribution is -2.36. The maximum absolute atomic E-state index is 12.6. The Balaban J connectivity index is 3.33. The first-order valence-corrected chi connectivity index (χ1v) is 8.56. The third kappa shape index (κ3) is 4.52. The van der Waals surface area contributed by atoms with Crippen molar-refractivity contribution in [3.63, 3.8) is 0 Å². The zero-order valence-electron chi connectivity index (χ0n) is 12.1. The average Bonchev–Trinajstić information content (AvgIpc) is 2.44. The maximum Gasteiger partial charge on any atom is 0.337 e. The van der Waals surface area contributed by atoms with Gasteiger partial charge in [-0.2, -0.15) is 4.31 Å². The minimum Gasteiger partial charge on any atom is -0.480 e. The predicted molar refractivity (Wildman–Crippen MR) is 82.2 cm³/mol. The molecular weight excluding hydrogens is 378 g/mol. The normalized spacial score (nSPS) is 11.5. The minimum atomic E-state index is -4.03. The van der Waals surface area contributed by atoms with Gasteiger partial charge in [-0.25, -0.2) is 13.2 Å². The summed E-state index contributed by atoms with van der Waals surface area (Å²) in [6, 6.07) is 3.90. The number of methoxy groups -OCH3 is 1. The van der Waals surface area contributed by atoms with Crippen molar-refractivity contribution in [2.45, 2.75) is 18.2 Å². The number of sulfonamides is 1. The number of ether oxygens (including phenoxy) is 1. The Kier molecular flexibility index (Phi) is 6.51. The lowest BCUT2D eigenvalue weighted by Gasteiger charge is -2.20. The van der Waals surface area contributed by atoms with Crippen LogP contribution in [0.4, 0.5) is 0 Å². The molecule has 1 N–H and O–H groups in total. The first-order valence-electron chi connectivity index (χ1n) is 6.33. The number of nitrogens with zero attached hydrogens (tertiary/aromatic N) is 1. The third-order valence-corrected chi connectivity index (χ3v) is 5.00. The molecule has 1 aromatic carbocycles. The van der Waals surface area contributed by atoms with Gasteiger partial charge in [-0.05, 0) is 24.6 Å². The second-order valence-electron chi connectivity index (χ2n) is 4.40. The average molecular weight is 394 g/mol. The quantitative estimate of drug-likeness (QED) is 0.707. The van der Waals surface area contributed by atoms with E-state index in [9.17, 15) is 18.0 Å². The van der Waals surface area contributed by atoms with E-state index >= 15 is 0 Å². The molecule has 0 bridgehead atoms. The number of carbonyl (C=O) groups excluding carboxylic acids is 1. The summed E-state index contributed by atoms with van der Waals surface area (Å²) in [7, 11) is -2.84. The van der Waals surface area contributed by atoms with E-state index in [1.165, 1.54) is 19.2 Å². The summed E-state index contributed by atoms with van der Waals surface area (Å²) < 4.78 is 30.9. The van der Waals surface area contributed by atoms with Crippen molar-refractivity contribution in [2.75, 3.05) is 20.2 Å². The Bertz CT molecular complexity index is 673. The Morgan fingerprint density at radius 3 is 2.45 bits per heavy atom. The number of hydrogen-bond donors (Lipinski definition) is 1. The summed E-state index contributed by atoms with van der Waals surface area (Å²) in [6.45, 7) is 1.16. The molecule has 7 nitrogen and oxygen atoms in total. The Morgan fingerprint density at radius 1 is 1.32 bits per heavy atom. The highest BCUT2D eigenvalue weighted by Gasteiger charge is 2.27. The predicted octanol–water partition coefficient (Wildman–Crippen LogP) is 1.72. The first-order chi connectivity index (χ1) is 10.2. The highest BCUT2D eigenvalue weighted by molar-refractivity contribution is 9.10. The lowest BCUT2D eigenvalue weighted by molar-refractivity contribution is -0.137. The highest BCUT2D eigenvalue weighted by Crippen LogP contribution is 2.23. The second kappa shape index (κ2) is 7.70. The smallest absolute Gasteiger partial charge is 0.337 e. The van der Waals surface area contributed by atoms with Gasteiger partial charge in [-0.15, -0.1) is 0 Å². The van der Waals surface area contributed by atoms with Gasteiger partial charge in [0.25, 0.3) is 0 Å². The van der Waals surface area contributed by atoms with Gasteiger partial charge < -0.3 is 9.84 Å². The van der Waals surface area contributed by atoms with E-state index in [4.69, 9.17) is 5.11 Å². The third-order valence-electron chi connectivity index (χ3n) is 2.71. The van der Waals surface area contributed by atoms with Gasteiger partial charge >= 0.3 is 11.9 Å².